The summed E-state index contributed by atoms with van der Waals surface area (Å²) in [6.45, 7) is 9.13. The van der Waals surface area contributed by atoms with Crippen molar-refractivity contribution in [3.8, 4) is 0 Å². The van der Waals surface area contributed by atoms with Crippen LogP contribution in [0.2, 0.25) is 25.7 Å². The van der Waals surface area contributed by atoms with E-state index in [1.54, 1.807) is 11.0 Å². The molecule has 2 nitrogen and oxygen atoms in total. The Morgan fingerprint density at radius 2 is 2.00 bits per heavy atom. The van der Waals surface area contributed by atoms with Crippen LogP contribution >= 0.6 is 22.6 Å². The fourth-order valence-electron chi connectivity index (χ4n) is 0.608. The van der Waals surface area contributed by atoms with E-state index in [0.717, 1.165) is 6.04 Å². The Hall–Kier alpha value is 0.157. The van der Waals surface area contributed by atoms with Crippen molar-refractivity contribution in [3.05, 3.63) is 9.66 Å². The summed E-state index contributed by atoms with van der Waals surface area (Å²) in [6.07, 6.45) is 0. The number of rotatable bonds is 4. The molecule has 0 saturated heterocycles. The second-order valence-corrected chi connectivity index (χ2v) is 10.5. The quantitative estimate of drug-likeness (QED) is 0.345. The molecule has 76 valence electrons. The van der Waals surface area contributed by atoms with Gasteiger partial charge in [-0.1, -0.05) is 42.2 Å². The Labute approximate surface area is 94.9 Å². The second kappa shape index (κ2) is 5.80. The zero-order valence-corrected chi connectivity index (χ0v) is 11.8. The molecular weight excluding hydrogens is 295 g/mol. The first-order valence-corrected chi connectivity index (χ1v) is 9.26. The molecule has 0 aliphatic carbocycles. The third-order valence-corrected chi connectivity index (χ3v) is 4.21. The fraction of sp³-hybridized carbons (Fsp3) is 0.667. The molecule has 0 aliphatic heterocycles. The summed E-state index contributed by atoms with van der Waals surface area (Å²) >= 11 is 2.04. The minimum Gasteiger partial charge on any atom is -0.463 e. The minimum atomic E-state index is -1.07. The normalized spacial score (nSPS) is 12.8. The molecule has 0 amide bonds. The largest absolute Gasteiger partial charge is 0.463 e. The Morgan fingerprint density at radius 1 is 1.46 bits per heavy atom. The van der Waals surface area contributed by atoms with E-state index in [9.17, 15) is 4.79 Å². The first-order valence-electron chi connectivity index (χ1n) is 4.31. The molecule has 0 bridgehead atoms. The van der Waals surface area contributed by atoms with Crippen LogP contribution in [0.5, 0.6) is 0 Å². The van der Waals surface area contributed by atoms with E-state index in [0.29, 0.717) is 12.2 Å². The number of carbonyl (C=O) groups excluding carboxylic acids is 1. The summed E-state index contributed by atoms with van der Waals surface area (Å²) in [5, 5.41) is 0. The van der Waals surface area contributed by atoms with E-state index in [2.05, 4.69) is 19.6 Å². The van der Waals surface area contributed by atoms with Crippen molar-refractivity contribution >= 4 is 36.6 Å². The van der Waals surface area contributed by atoms with E-state index in [1.165, 1.54) is 0 Å². The number of ether oxygens (including phenoxy) is 1. The van der Waals surface area contributed by atoms with Crippen molar-refractivity contribution in [1.29, 1.82) is 0 Å². The van der Waals surface area contributed by atoms with E-state index >= 15 is 0 Å². The highest BCUT2D eigenvalue weighted by Crippen LogP contribution is 2.09. The van der Waals surface area contributed by atoms with Gasteiger partial charge in [-0.25, -0.2) is 4.79 Å². The van der Waals surface area contributed by atoms with Gasteiger partial charge in [0.2, 0.25) is 0 Å². The third-order valence-electron chi connectivity index (χ3n) is 1.57. The van der Waals surface area contributed by atoms with Crippen molar-refractivity contribution < 1.29 is 9.53 Å². The van der Waals surface area contributed by atoms with Crippen LogP contribution in [0.25, 0.3) is 0 Å². The van der Waals surface area contributed by atoms with Crippen molar-refractivity contribution in [2.24, 2.45) is 0 Å². The first kappa shape index (κ1) is 13.2. The predicted molar refractivity (Wildman–Crippen MR) is 66.9 cm³/mol. The first-order chi connectivity index (χ1) is 5.87. The molecular formula is C9H17IO2Si. The SMILES string of the molecule is C/C(=C\I)C(=O)OCC[Si](C)(C)C. The predicted octanol–water partition coefficient (Wildman–Crippen LogP) is 3.21. The Morgan fingerprint density at radius 3 is 2.38 bits per heavy atom. The molecule has 0 aliphatic rings. The van der Waals surface area contributed by atoms with Gasteiger partial charge in [0, 0.05) is 13.6 Å². The molecule has 0 spiro atoms. The highest BCUT2D eigenvalue weighted by Gasteiger charge is 2.14. The molecule has 0 N–H and O–H groups in total. The molecule has 0 unspecified atom stereocenters. The number of esters is 1. The number of hydrogen-bond donors (Lipinski definition) is 0. The third kappa shape index (κ3) is 7.24. The van der Waals surface area contributed by atoms with Gasteiger partial charge >= 0.3 is 5.97 Å². The van der Waals surface area contributed by atoms with E-state index in [1.807, 2.05) is 22.6 Å². The molecule has 0 atom stereocenters. The lowest BCUT2D eigenvalue weighted by atomic mass is 10.4. The standard InChI is InChI=1S/C9H17IO2Si/c1-8(7-10)9(11)12-5-6-13(2,3)4/h7H,5-6H2,1-4H3/b8-7+. The zero-order valence-electron chi connectivity index (χ0n) is 8.69. The van der Waals surface area contributed by atoms with E-state index in [-0.39, 0.29) is 5.97 Å². The lowest BCUT2D eigenvalue weighted by molar-refractivity contribution is -0.138. The molecule has 0 aromatic heterocycles. The van der Waals surface area contributed by atoms with Crippen LogP contribution in [0.1, 0.15) is 6.92 Å². The molecule has 13 heavy (non-hydrogen) atoms. The summed E-state index contributed by atoms with van der Waals surface area (Å²) in [6, 6.07) is 1.03. The molecule has 4 heteroatoms. The van der Waals surface area contributed by atoms with Crippen molar-refractivity contribution in [3.63, 3.8) is 0 Å². The highest BCUT2D eigenvalue weighted by molar-refractivity contribution is 14.1. The second-order valence-electron chi connectivity index (χ2n) is 4.24. The van der Waals surface area contributed by atoms with E-state index in [4.69, 9.17) is 4.74 Å². The number of carbonyl (C=O) groups is 1. The monoisotopic (exact) mass is 312 g/mol. The maximum absolute atomic E-state index is 11.2. The summed E-state index contributed by atoms with van der Waals surface area (Å²) in [4.78, 5) is 11.2. The number of hydrogen-bond acceptors (Lipinski definition) is 2. The topological polar surface area (TPSA) is 26.3 Å². The zero-order chi connectivity index (χ0) is 10.5. The van der Waals surface area contributed by atoms with Crippen molar-refractivity contribution in [1.82, 2.24) is 0 Å². The Bertz CT molecular complexity index is 206. The Kier molecular flexibility index (Phi) is 5.87. The van der Waals surface area contributed by atoms with Crippen LogP contribution < -0.4 is 0 Å². The van der Waals surface area contributed by atoms with Crippen molar-refractivity contribution in [2.75, 3.05) is 6.61 Å². The van der Waals surface area contributed by atoms with Gasteiger partial charge < -0.3 is 4.74 Å². The molecule has 0 rings (SSSR count). The van der Waals surface area contributed by atoms with Gasteiger partial charge in [0.25, 0.3) is 0 Å². The maximum atomic E-state index is 11.2. The molecule has 0 aromatic carbocycles. The van der Waals surface area contributed by atoms with Crippen LogP contribution in [-0.2, 0) is 9.53 Å². The van der Waals surface area contributed by atoms with Crippen LogP contribution in [0.15, 0.2) is 9.66 Å². The van der Waals surface area contributed by atoms with Gasteiger partial charge in [0.15, 0.2) is 0 Å². The Balaban J connectivity index is 3.73. The van der Waals surface area contributed by atoms with Gasteiger partial charge in [-0.3, -0.25) is 0 Å². The lowest BCUT2D eigenvalue weighted by Crippen LogP contribution is -2.22. The van der Waals surface area contributed by atoms with Crippen LogP contribution in [0.4, 0.5) is 0 Å². The van der Waals surface area contributed by atoms with Crippen LogP contribution in [-0.4, -0.2) is 20.7 Å². The highest BCUT2D eigenvalue weighted by atomic mass is 127. The van der Waals surface area contributed by atoms with Gasteiger partial charge in [0.05, 0.1) is 6.61 Å². The lowest BCUT2D eigenvalue weighted by Gasteiger charge is -2.15. The van der Waals surface area contributed by atoms with Gasteiger partial charge in [0.1, 0.15) is 0 Å². The molecule has 0 aromatic rings. The van der Waals surface area contributed by atoms with Gasteiger partial charge in [-0.15, -0.1) is 0 Å². The number of halogens is 1. The average molecular weight is 312 g/mol. The maximum Gasteiger partial charge on any atom is 0.334 e. The summed E-state index contributed by atoms with van der Waals surface area (Å²) in [5.41, 5.74) is 0.677. The van der Waals surface area contributed by atoms with Gasteiger partial charge in [-0.05, 0) is 17.1 Å². The molecule has 0 radical (unpaired) electrons. The average Bonchev–Trinajstić information content (AvgIpc) is 2.00. The van der Waals surface area contributed by atoms with Crippen molar-refractivity contribution in [2.45, 2.75) is 32.6 Å². The van der Waals surface area contributed by atoms with Crippen LogP contribution in [0.3, 0.4) is 0 Å². The van der Waals surface area contributed by atoms with Crippen LogP contribution in [0, 0.1) is 0 Å². The summed E-state index contributed by atoms with van der Waals surface area (Å²) in [5.74, 6) is -0.187. The van der Waals surface area contributed by atoms with E-state index < -0.39 is 8.07 Å². The molecule has 0 heterocycles. The minimum absolute atomic E-state index is 0.187. The smallest absolute Gasteiger partial charge is 0.334 e. The molecule has 0 saturated carbocycles. The summed E-state index contributed by atoms with van der Waals surface area (Å²) < 4.78 is 6.84. The van der Waals surface area contributed by atoms with Gasteiger partial charge in [-0.2, -0.15) is 0 Å². The molecule has 0 fully saturated rings. The fourth-order valence-corrected chi connectivity index (χ4v) is 1.58. The summed E-state index contributed by atoms with van der Waals surface area (Å²) in [7, 11) is -1.07.